The molecule has 1 fully saturated rings. The van der Waals surface area contributed by atoms with E-state index in [1.165, 1.54) is 21.3 Å². The first-order chi connectivity index (χ1) is 16.8. The molecule has 36 heavy (non-hydrogen) atoms. The summed E-state index contributed by atoms with van der Waals surface area (Å²) in [6.45, 7) is 13.6. The summed E-state index contributed by atoms with van der Waals surface area (Å²) in [7, 11) is -0.514. The Balaban J connectivity index is 2.04. The van der Waals surface area contributed by atoms with Gasteiger partial charge in [0, 0.05) is 33.0 Å². The van der Waals surface area contributed by atoms with Crippen molar-refractivity contribution in [1.29, 1.82) is 0 Å². The van der Waals surface area contributed by atoms with E-state index in [0.717, 1.165) is 38.5 Å². The number of rotatable bonds is 13. The van der Waals surface area contributed by atoms with Crippen molar-refractivity contribution in [3.8, 4) is 0 Å². The summed E-state index contributed by atoms with van der Waals surface area (Å²) in [4.78, 5) is 26.6. The second kappa shape index (κ2) is 14.2. The Labute approximate surface area is 232 Å². The Hall–Kier alpha value is -1.02. The zero-order chi connectivity index (χ0) is 26.9. The summed E-state index contributed by atoms with van der Waals surface area (Å²) in [5.74, 6) is 0.504. The monoisotopic (exact) mass is 596 g/mol. The summed E-state index contributed by atoms with van der Waals surface area (Å²) in [6.07, 6.45) is 15.1. The molecule has 1 aliphatic rings. The number of esters is 1. The van der Waals surface area contributed by atoms with E-state index in [1.54, 1.807) is 0 Å². The molecular weight excluding hydrogens is 552 g/mol. The van der Waals surface area contributed by atoms with Crippen molar-refractivity contribution in [3.63, 3.8) is 0 Å². The third-order valence-corrected chi connectivity index (χ3v) is 14.3. The zero-order valence-corrected chi connectivity index (χ0v) is 26.6. The van der Waals surface area contributed by atoms with Crippen molar-refractivity contribution in [1.82, 2.24) is 0 Å². The summed E-state index contributed by atoms with van der Waals surface area (Å²) in [5.41, 5.74) is 0. The molecule has 2 rings (SSSR count). The van der Waals surface area contributed by atoms with Crippen molar-refractivity contribution >= 4 is 47.3 Å². The predicted octanol–water partition coefficient (Wildman–Crippen LogP) is 8.58. The maximum atomic E-state index is 12.6. The van der Waals surface area contributed by atoms with Gasteiger partial charge in [-0.15, -0.1) is 11.3 Å². The highest BCUT2D eigenvalue weighted by Gasteiger charge is 2.39. The quantitative estimate of drug-likeness (QED) is 0.0989. The first kappa shape index (κ1) is 31.2. The minimum atomic E-state index is -1.93. The molecule has 1 saturated carbocycles. The lowest BCUT2D eigenvalue weighted by Crippen LogP contribution is -2.43. The highest BCUT2D eigenvalue weighted by Crippen LogP contribution is 2.39. The van der Waals surface area contributed by atoms with E-state index >= 15 is 0 Å². The molecule has 3 atom stereocenters. The predicted molar refractivity (Wildman–Crippen MR) is 157 cm³/mol. The van der Waals surface area contributed by atoms with E-state index in [-0.39, 0.29) is 28.9 Å². The molecule has 1 unspecified atom stereocenters. The minimum absolute atomic E-state index is 0.0440. The first-order valence-corrected chi connectivity index (χ1v) is 17.7. The van der Waals surface area contributed by atoms with Gasteiger partial charge in [0.05, 0.1) is 13.2 Å². The molecule has 1 aliphatic carbocycles. The Kier molecular flexibility index (Phi) is 12.3. The van der Waals surface area contributed by atoms with Crippen LogP contribution in [0.5, 0.6) is 0 Å². The average Bonchev–Trinajstić information content (AvgIpc) is 3.31. The Morgan fingerprint density at radius 3 is 2.64 bits per heavy atom. The second-order valence-corrected chi connectivity index (χ2v) is 18.4. The molecule has 0 radical (unpaired) electrons. The number of Topliss-reactive ketones (excluding diaryl/α,β-unsaturated/α-hetero) is 1. The van der Waals surface area contributed by atoms with Gasteiger partial charge in [0.25, 0.3) is 0 Å². The van der Waals surface area contributed by atoms with Crippen molar-refractivity contribution in [3.05, 3.63) is 44.6 Å². The number of unbranched alkanes of at least 4 members (excludes halogenated alkanes) is 1. The van der Waals surface area contributed by atoms with Gasteiger partial charge in [-0.1, -0.05) is 45.1 Å². The van der Waals surface area contributed by atoms with Crippen LogP contribution in [0.25, 0.3) is 0 Å². The third-order valence-electron chi connectivity index (χ3n) is 7.60. The number of carbonyl (C=O) groups excluding carboxylic acids is 2. The Bertz CT molecular complexity index is 909. The summed E-state index contributed by atoms with van der Waals surface area (Å²) in [6, 6.07) is 2.23. The van der Waals surface area contributed by atoms with Crippen LogP contribution in [0.1, 0.15) is 75.5 Å². The lowest BCUT2D eigenvalue weighted by Gasteiger charge is -2.38. The van der Waals surface area contributed by atoms with Gasteiger partial charge in [0.1, 0.15) is 5.78 Å². The van der Waals surface area contributed by atoms with Crippen LogP contribution in [0, 0.1) is 18.8 Å². The molecule has 0 spiro atoms. The van der Waals surface area contributed by atoms with Crippen LogP contribution in [0.2, 0.25) is 18.1 Å². The number of halogens is 1. The van der Waals surface area contributed by atoms with Gasteiger partial charge < -0.3 is 9.16 Å². The third kappa shape index (κ3) is 9.69. The molecule has 4 nitrogen and oxygen atoms in total. The van der Waals surface area contributed by atoms with E-state index in [4.69, 9.17) is 4.43 Å². The Morgan fingerprint density at radius 2 is 2.03 bits per heavy atom. The number of carbonyl (C=O) groups is 2. The van der Waals surface area contributed by atoms with Gasteiger partial charge in [0.15, 0.2) is 8.32 Å². The van der Waals surface area contributed by atoms with Gasteiger partial charge in [-0.25, -0.2) is 0 Å². The molecule has 0 N–H and O–H groups in total. The first-order valence-electron chi connectivity index (χ1n) is 13.2. The van der Waals surface area contributed by atoms with E-state index in [2.05, 4.69) is 91.8 Å². The second-order valence-electron chi connectivity index (χ2n) is 11.4. The fourth-order valence-electron chi connectivity index (χ4n) is 4.24. The molecule has 1 aromatic heterocycles. The fraction of sp³-hybridized carbons (Fsp3) is 0.655. The van der Waals surface area contributed by atoms with Gasteiger partial charge in [0.2, 0.25) is 0 Å². The highest BCUT2D eigenvalue weighted by molar-refractivity contribution is 9.10. The van der Waals surface area contributed by atoms with E-state index in [1.807, 2.05) is 11.3 Å². The van der Waals surface area contributed by atoms with E-state index in [9.17, 15) is 9.59 Å². The van der Waals surface area contributed by atoms with Crippen molar-refractivity contribution in [2.75, 3.05) is 7.11 Å². The molecule has 0 saturated heterocycles. The standard InChI is InChI=1S/C29H45BrO4SSi/c1-21-26(30)20-24(35-21)18-17-23(34-36(6,7)29(2,3)4)16-14-22-15-19-27(31)25(22)12-10-8-9-11-13-28(32)33-5/h8,10,14,16,20,22-23,25H,9,11-13,15,17-19H2,1-7H3/t22-,23?,25+/m0/s1. The summed E-state index contributed by atoms with van der Waals surface area (Å²) >= 11 is 5.49. The normalized spacial score (nSPS) is 20.1. The van der Waals surface area contributed by atoms with Crippen LogP contribution in [0.15, 0.2) is 34.8 Å². The molecular formula is C29H45BrO4SSi. The molecule has 1 aromatic rings. The van der Waals surface area contributed by atoms with Crippen LogP contribution in [0.3, 0.4) is 0 Å². The van der Waals surface area contributed by atoms with Crippen LogP contribution in [-0.2, 0) is 25.2 Å². The van der Waals surface area contributed by atoms with Crippen LogP contribution >= 0.6 is 27.3 Å². The lowest BCUT2D eigenvalue weighted by molar-refractivity contribution is -0.140. The van der Waals surface area contributed by atoms with Crippen LogP contribution < -0.4 is 0 Å². The zero-order valence-electron chi connectivity index (χ0n) is 23.2. The van der Waals surface area contributed by atoms with E-state index in [0.29, 0.717) is 18.6 Å². The van der Waals surface area contributed by atoms with Crippen LogP contribution in [-0.4, -0.2) is 33.3 Å². The maximum Gasteiger partial charge on any atom is 0.305 e. The largest absolute Gasteiger partial charge is 0.469 e. The molecule has 0 amide bonds. The average molecular weight is 598 g/mol. The molecule has 7 heteroatoms. The summed E-state index contributed by atoms with van der Waals surface area (Å²) < 4.78 is 12.7. The van der Waals surface area contributed by atoms with Gasteiger partial charge in [-0.3, -0.25) is 9.59 Å². The molecule has 0 aliphatic heterocycles. The van der Waals surface area contributed by atoms with Gasteiger partial charge in [-0.2, -0.15) is 0 Å². The number of methoxy groups -OCH3 is 1. The van der Waals surface area contributed by atoms with Gasteiger partial charge >= 0.3 is 5.97 Å². The molecule has 1 heterocycles. The molecule has 0 bridgehead atoms. The van der Waals surface area contributed by atoms with Crippen LogP contribution in [0.4, 0.5) is 0 Å². The van der Waals surface area contributed by atoms with E-state index < -0.39 is 8.32 Å². The smallest absolute Gasteiger partial charge is 0.305 e. The van der Waals surface area contributed by atoms with Gasteiger partial charge in [-0.05, 0) is 91.5 Å². The number of ketones is 1. The fourth-order valence-corrected chi connectivity index (χ4v) is 7.16. The number of aryl methyl sites for hydroxylation is 2. The molecule has 202 valence electrons. The maximum absolute atomic E-state index is 12.6. The lowest BCUT2D eigenvalue weighted by atomic mass is 9.91. The van der Waals surface area contributed by atoms with Crippen molar-refractivity contribution in [2.24, 2.45) is 11.8 Å². The minimum Gasteiger partial charge on any atom is -0.469 e. The van der Waals surface area contributed by atoms with Crippen molar-refractivity contribution in [2.45, 2.75) is 103 Å². The number of allylic oxidation sites excluding steroid dienone is 3. The number of hydrogen-bond donors (Lipinski definition) is 0. The number of thiophene rings is 1. The topological polar surface area (TPSA) is 52.6 Å². The Morgan fingerprint density at radius 1 is 1.31 bits per heavy atom. The molecule has 0 aromatic carbocycles. The van der Waals surface area contributed by atoms with Crippen molar-refractivity contribution < 1.29 is 18.8 Å². The summed E-state index contributed by atoms with van der Waals surface area (Å²) in [5, 5.41) is 0.145. The number of ether oxygens (including phenoxy) is 1. The highest BCUT2D eigenvalue weighted by atomic mass is 79.9. The number of hydrogen-bond acceptors (Lipinski definition) is 5. The SMILES string of the molecule is COC(=O)CCCC=CC[C@H]1C(=O)CC[C@@H]1C=CC(CCc1cc(Br)c(C)s1)O[Si](C)(C)C(C)(C)C.